The Morgan fingerprint density at radius 3 is 2.86 bits per heavy atom. The van der Waals surface area contributed by atoms with Gasteiger partial charge in [0, 0.05) is 52.0 Å². The SMILES string of the molecule is CN=C(NCC1CCN(c2cccc(OC)c2)C1)N(C)Cc1cccc(F)c1. The lowest BCUT2D eigenvalue weighted by Gasteiger charge is -2.24. The van der Waals surface area contributed by atoms with E-state index in [2.05, 4.69) is 27.3 Å². The number of ether oxygens (including phenoxy) is 1. The molecule has 1 aliphatic rings. The van der Waals surface area contributed by atoms with Crippen LogP contribution in [0.3, 0.4) is 0 Å². The Balaban J connectivity index is 1.51. The highest BCUT2D eigenvalue weighted by Gasteiger charge is 2.23. The maximum Gasteiger partial charge on any atom is 0.193 e. The number of rotatable bonds is 6. The van der Waals surface area contributed by atoms with E-state index in [0.717, 1.165) is 43.3 Å². The lowest BCUT2D eigenvalue weighted by atomic mass is 10.1. The van der Waals surface area contributed by atoms with Crippen LogP contribution in [0.4, 0.5) is 10.1 Å². The maximum absolute atomic E-state index is 13.4. The van der Waals surface area contributed by atoms with Crippen molar-refractivity contribution in [2.75, 3.05) is 45.7 Å². The van der Waals surface area contributed by atoms with Crippen molar-refractivity contribution >= 4 is 11.6 Å². The van der Waals surface area contributed by atoms with Crippen LogP contribution in [-0.4, -0.2) is 51.7 Å². The van der Waals surface area contributed by atoms with E-state index in [0.29, 0.717) is 12.5 Å². The fraction of sp³-hybridized carbons (Fsp3) is 0.409. The number of methoxy groups -OCH3 is 1. The van der Waals surface area contributed by atoms with E-state index in [1.54, 1.807) is 26.3 Å². The molecule has 0 bridgehead atoms. The molecule has 1 fully saturated rings. The van der Waals surface area contributed by atoms with Gasteiger partial charge in [-0.2, -0.15) is 0 Å². The van der Waals surface area contributed by atoms with Gasteiger partial charge in [0.15, 0.2) is 5.96 Å². The molecule has 2 aromatic rings. The molecular weight excluding hydrogens is 355 g/mol. The molecule has 0 spiro atoms. The summed E-state index contributed by atoms with van der Waals surface area (Å²) in [7, 11) is 5.45. The molecule has 1 N–H and O–H groups in total. The largest absolute Gasteiger partial charge is 0.497 e. The first kappa shape index (κ1) is 20.0. The number of anilines is 1. The summed E-state index contributed by atoms with van der Waals surface area (Å²) in [6.07, 6.45) is 1.13. The average Bonchev–Trinajstić information content (AvgIpc) is 3.17. The quantitative estimate of drug-likeness (QED) is 0.612. The lowest BCUT2D eigenvalue weighted by Crippen LogP contribution is -2.41. The first-order chi connectivity index (χ1) is 13.6. The lowest BCUT2D eigenvalue weighted by molar-refractivity contribution is 0.415. The summed E-state index contributed by atoms with van der Waals surface area (Å²) in [6, 6.07) is 14.9. The second-order valence-electron chi connectivity index (χ2n) is 7.22. The molecule has 1 aliphatic heterocycles. The van der Waals surface area contributed by atoms with Crippen LogP contribution in [0.15, 0.2) is 53.5 Å². The van der Waals surface area contributed by atoms with Gasteiger partial charge in [-0.1, -0.05) is 18.2 Å². The molecule has 150 valence electrons. The molecule has 5 nitrogen and oxygen atoms in total. The van der Waals surface area contributed by atoms with Crippen molar-refractivity contribution in [1.29, 1.82) is 0 Å². The normalized spacial score (nSPS) is 16.9. The van der Waals surface area contributed by atoms with Crippen molar-refractivity contribution in [1.82, 2.24) is 10.2 Å². The molecule has 2 aromatic carbocycles. The second-order valence-corrected chi connectivity index (χ2v) is 7.22. The summed E-state index contributed by atoms with van der Waals surface area (Å²) in [4.78, 5) is 8.79. The van der Waals surface area contributed by atoms with E-state index < -0.39 is 0 Å². The number of aliphatic imine (C=N–C) groups is 1. The maximum atomic E-state index is 13.4. The van der Waals surface area contributed by atoms with Crippen LogP contribution in [0, 0.1) is 11.7 Å². The number of hydrogen-bond acceptors (Lipinski definition) is 3. The molecule has 1 unspecified atom stereocenters. The highest BCUT2D eigenvalue weighted by atomic mass is 19.1. The Bertz CT molecular complexity index is 811. The zero-order valence-electron chi connectivity index (χ0n) is 16.9. The van der Waals surface area contributed by atoms with Crippen LogP contribution < -0.4 is 15.0 Å². The number of nitrogens with zero attached hydrogens (tertiary/aromatic N) is 3. The zero-order valence-corrected chi connectivity index (χ0v) is 16.9. The van der Waals surface area contributed by atoms with Crippen molar-refractivity contribution < 1.29 is 9.13 Å². The summed E-state index contributed by atoms with van der Waals surface area (Å²) < 4.78 is 18.7. The van der Waals surface area contributed by atoms with Gasteiger partial charge < -0.3 is 19.9 Å². The van der Waals surface area contributed by atoms with E-state index in [9.17, 15) is 4.39 Å². The van der Waals surface area contributed by atoms with Gasteiger partial charge in [-0.05, 0) is 42.2 Å². The summed E-state index contributed by atoms with van der Waals surface area (Å²) in [5, 5.41) is 3.47. The van der Waals surface area contributed by atoms with Crippen LogP contribution in [-0.2, 0) is 6.54 Å². The summed E-state index contributed by atoms with van der Waals surface area (Å²) >= 11 is 0. The summed E-state index contributed by atoms with van der Waals surface area (Å²) in [6.45, 7) is 3.51. The van der Waals surface area contributed by atoms with Crippen LogP contribution in [0.1, 0.15) is 12.0 Å². The fourth-order valence-corrected chi connectivity index (χ4v) is 3.65. The molecule has 1 atom stereocenters. The molecule has 0 amide bonds. The Morgan fingerprint density at radius 1 is 1.29 bits per heavy atom. The Labute approximate surface area is 166 Å². The van der Waals surface area contributed by atoms with Crippen molar-refractivity contribution in [3.63, 3.8) is 0 Å². The molecular formula is C22H29FN4O. The molecule has 3 rings (SSSR count). The minimum atomic E-state index is -0.211. The second kappa shape index (κ2) is 9.44. The van der Waals surface area contributed by atoms with Gasteiger partial charge >= 0.3 is 0 Å². The van der Waals surface area contributed by atoms with Crippen molar-refractivity contribution in [2.45, 2.75) is 13.0 Å². The Kier molecular flexibility index (Phi) is 6.74. The number of hydrogen-bond donors (Lipinski definition) is 1. The standard InChI is InChI=1S/C22H29FN4O/c1-24-22(26(2)15-17-6-4-7-19(23)12-17)25-14-18-10-11-27(16-18)20-8-5-9-21(13-20)28-3/h4-9,12-13,18H,10-11,14-16H2,1-3H3,(H,24,25). The third-order valence-corrected chi connectivity index (χ3v) is 5.14. The number of nitrogens with one attached hydrogen (secondary N) is 1. The predicted octanol–water partition coefficient (Wildman–Crippen LogP) is 3.37. The van der Waals surface area contributed by atoms with Gasteiger partial charge in [0.1, 0.15) is 11.6 Å². The smallest absolute Gasteiger partial charge is 0.193 e. The molecule has 28 heavy (non-hydrogen) atoms. The number of guanidine groups is 1. The molecule has 0 aromatic heterocycles. The van der Waals surface area contributed by atoms with Crippen LogP contribution in [0.2, 0.25) is 0 Å². The molecule has 1 heterocycles. The highest BCUT2D eigenvalue weighted by Crippen LogP contribution is 2.26. The third-order valence-electron chi connectivity index (χ3n) is 5.14. The summed E-state index contributed by atoms with van der Waals surface area (Å²) in [5.41, 5.74) is 2.13. The minimum Gasteiger partial charge on any atom is -0.497 e. The molecule has 0 saturated carbocycles. The summed E-state index contributed by atoms with van der Waals surface area (Å²) in [5.74, 6) is 2.05. The fourth-order valence-electron chi connectivity index (χ4n) is 3.65. The number of benzene rings is 2. The first-order valence-electron chi connectivity index (χ1n) is 9.64. The van der Waals surface area contributed by atoms with E-state index in [-0.39, 0.29) is 5.82 Å². The Morgan fingerprint density at radius 2 is 2.11 bits per heavy atom. The van der Waals surface area contributed by atoms with Gasteiger partial charge in [-0.15, -0.1) is 0 Å². The minimum absolute atomic E-state index is 0.211. The van der Waals surface area contributed by atoms with Gasteiger partial charge in [0.05, 0.1) is 7.11 Å². The van der Waals surface area contributed by atoms with Gasteiger partial charge in [0.25, 0.3) is 0 Å². The Hall–Kier alpha value is -2.76. The van der Waals surface area contributed by atoms with E-state index in [1.807, 2.05) is 30.1 Å². The highest BCUT2D eigenvalue weighted by molar-refractivity contribution is 5.79. The van der Waals surface area contributed by atoms with E-state index in [1.165, 1.54) is 11.8 Å². The molecule has 6 heteroatoms. The first-order valence-corrected chi connectivity index (χ1v) is 9.64. The van der Waals surface area contributed by atoms with Crippen LogP contribution in [0.5, 0.6) is 5.75 Å². The molecule has 0 aliphatic carbocycles. The van der Waals surface area contributed by atoms with E-state index in [4.69, 9.17) is 4.74 Å². The van der Waals surface area contributed by atoms with Gasteiger partial charge in [-0.3, -0.25) is 4.99 Å². The zero-order chi connectivity index (χ0) is 19.9. The van der Waals surface area contributed by atoms with Crippen LogP contribution in [0.25, 0.3) is 0 Å². The number of halogens is 1. The van der Waals surface area contributed by atoms with Gasteiger partial charge in [0.2, 0.25) is 0 Å². The topological polar surface area (TPSA) is 40.1 Å². The predicted molar refractivity (Wildman–Crippen MR) is 113 cm³/mol. The van der Waals surface area contributed by atoms with Crippen LogP contribution >= 0.6 is 0 Å². The van der Waals surface area contributed by atoms with Crippen molar-refractivity contribution in [2.24, 2.45) is 10.9 Å². The monoisotopic (exact) mass is 384 g/mol. The molecule has 1 saturated heterocycles. The third kappa shape index (κ3) is 5.15. The van der Waals surface area contributed by atoms with Crippen molar-refractivity contribution in [3.8, 4) is 5.75 Å². The van der Waals surface area contributed by atoms with E-state index >= 15 is 0 Å². The molecule has 0 radical (unpaired) electrons. The van der Waals surface area contributed by atoms with Gasteiger partial charge in [-0.25, -0.2) is 4.39 Å². The average molecular weight is 384 g/mol. The van der Waals surface area contributed by atoms with Crippen molar-refractivity contribution in [3.05, 3.63) is 59.9 Å².